The Bertz CT molecular complexity index is 287. The molecule has 0 heterocycles. The fourth-order valence-corrected chi connectivity index (χ4v) is 5.65. The fourth-order valence-electron chi connectivity index (χ4n) is 2.64. The van der Waals surface area contributed by atoms with Crippen molar-refractivity contribution in [2.45, 2.75) is 104 Å². The van der Waals surface area contributed by atoms with E-state index in [0.29, 0.717) is 0 Å². The molecule has 0 aliphatic heterocycles. The fraction of sp³-hybridized carbons (Fsp3) is 1.00. The highest BCUT2D eigenvalue weighted by Crippen LogP contribution is 2.26. The van der Waals surface area contributed by atoms with Gasteiger partial charge in [-0.15, -0.1) is 0 Å². The van der Waals surface area contributed by atoms with Gasteiger partial charge in [-0.1, -0.05) is 51.9 Å². The number of hydrogen-bond donors (Lipinski definition) is 0. The van der Waals surface area contributed by atoms with Gasteiger partial charge in [-0.05, 0) is 27.2 Å². The molecule has 0 radical (unpaired) electrons. The van der Waals surface area contributed by atoms with E-state index in [1.165, 1.54) is 38.5 Å². The molecule has 0 saturated carbocycles. The first-order valence-electron chi connectivity index (χ1n) is 10.0. The minimum atomic E-state index is -3.00. The third-order valence-electron chi connectivity index (χ3n) is 4.37. The van der Waals surface area contributed by atoms with Crippen LogP contribution < -0.4 is 0 Å². The average molecular weight is 395 g/mol. The van der Waals surface area contributed by atoms with Crippen LogP contribution in [0.2, 0.25) is 6.04 Å². The van der Waals surface area contributed by atoms with Gasteiger partial charge in [0.25, 0.3) is 0 Å². The Morgan fingerprint density at radius 2 is 0.923 bits per heavy atom. The predicted octanol–water partition coefficient (Wildman–Crippen LogP) is 5.09. The quantitative estimate of drug-likeness (QED) is 0.183. The summed E-state index contributed by atoms with van der Waals surface area (Å²) in [5.74, 6) is 0. The van der Waals surface area contributed by atoms with Crippen LogP contribution in [0, 0.1) is 0 Å². The van der Waals surface area contributed by atoms with Gasteiger partial charge in [0.1, 0.15) is 18.9 Å². The zero-order valence-electron chi connectivity index (χ0n) is 18.0. The van der Waals surface area contributed by atoms with E-state index in [1.807, 2.05) is 20.8 Å². The highest BCUT2D eigenvalue weighted by atomic mass is 28.4. The summed E-state index contributed by atoms with van der Waals surface area (Å²) in [5.41, 5.74) is 0. The first kappa shape index (κ1) is 26.0. The topological polar surface area (TPSA) is 55.4 Å². The van der Waals surface area contributed by atoms with Gasteiger partial charge in [0.05, 0.1) is 0 Å². The summed E-state index contributed by atoms with van der Waals surface area (Å²) in [6, 6.07) is 0.719. The van der Waals surface area contributed by atoms with Crippen molar-refractivity contribution in [1.29, 1.82) is 0 Å². The molecule has 0 spiro atoms. The van der Waals surface area contributed by atoms with E-state index >= 15 is 0 Å². The lowest BCUT2D eigenvalue weighted by Gasteiger charge is -2.35. The van der Waals surface area contributed by atoms with E-state index in [-0.39, 0.29) is 0 Å². The first-order valence-corrected chi connectivity index (χ1v) is 12.0. The minimum absolute atomic E-state index is 0.413. The van der Waals surface area contributed by atoms with Crippen LogP contribution in [0.25, 0.3) is 0 Å². The molecule has 0 aliphatic carbocycles. The normalized spacial score (nSPS) is 17.7. The molecule has 0 aromatic carbocycles. The number of unbranched alkanes of at least 4 members (excludes halogenated alkanes) is 7. The lowest BCUT2D eigenvalue weighted by atomic mass is 10.1. The molecular formula is C19H42O6Si. The molecule has 26 heavy (non-hydrogen) atoms. The van der Waals surface area contributed by atoms with E-state index in [2.05, 4.69) is 6.92 Å². The van der Waals surface area contributed by atoms with Crippen molar-refractivity contribution < 1.29 is 27.5 Å². The molecule has 0 N–H and O–H groups in total. The van der Waals surface area contributed by atoms with E-state index in [1.54, 1.807) is 21.3 Å². The maximum absolute atomic E-state index is 6.10. The van der Waals surface area contributed by atoms with Crippen molar-refractivity contribution >= 4 is 8.80 Å². The number of rotatable bonds is 18. The summed E-state index contributed by atoms with van der Waals surface area (Å²) in [6.45, 7) is 7.78. The van der Waals surface area contributed by atoms with Gasteiger partial charge in [0, 0.05) is 27.4 Å². The summed E-state index contributed by atoms with van der Waals surface area (Å²) in [6.07, 6.45) is 8.69. The van der Waals surface area contributed by atoms with Gasteiger partial charge in [0.15, 0.2) is 0 Å². The zero-order chi connectivity index (χ0) is 19.8. The van der Waals surface area contributed by atoms with Crippen LogP contribution in [0.5, 0.6) is 0 Å². The zero-order valence-corrected chi connectivity index (χ0v) is 19.0. The molecule has 0 rings (SSSR count). The van der Waals surface area contributed by atoms with Crippen molar-refractivity contribution in [3.63, 3.8) is 0 Å². The minimum Gasteiger partial charge on any atom is -0.357 e. The second-order valence-electron chi connectivity index (χ2n) is 6.67. The lowest BCUT2D eigenvalue weighted by molar-refractivity contribution is -0.163. The summed E-state index contributed by atoms with van der Waals surface area (Å²) in [7, 11) is 1.83. The Morgan fingerprint density at radius 1 is 0.577 bits per heavy atom. The molecule has 158 valence electrons. The van der Waals surface area contributed by atoms with Crippen LogP contribution in [0.1, 0.15) is 79.1 Å². The summed E-state index contributed by atoms with van der Waals surface area (Å²) < 4.78 is 34.2. The number of ether oxygens (including phenoxy) is 3. The molecule has 0 aliphatic rings. The maximum Gasteiger partial charge on any atom is 0.506 e. The van der Waals surface area contributed by atoms with E-state index in [0.717, 1.165) is 18.9 Å². The van der Waals surface area contributed by atoms with Gasteiger partial charge >= 0.3 is 8.80 Å². The molecule has 0 aromatic heterocycles. The summed E-state index contributed by atoms with van der Waals surface area (Å²) in [4.78, 5) is 0. The van der Waals surface area contributed by atoms with Crippen LogP contribution in [0.3, 0.4) is 0 Å². The first-order chi connectivity index (χ1) is 12.4. The Kier molecular flexibility index (Phi) is 16.0. The van der Waals surface area contributed by atoms with Crippen molar-refractivity contribution in [1.82, 2.24) is 0 Å². The maximum atomic E-state index is 6.10. The smallest absolute Gasteiger partial charge is 0.357 e. The largest absolute Gasteiger partial charge is 0.506 e. The van der Waals surface area contributed by atoms with Gasteiger partial charge in [-0.25, -0.2) is 0 Å². The standard InChI is InChI=1S/C19H42O6Si/c1-8-9-10-11-12-13-14-15-16-26(23-17(2)20-5,24-18(3)21-6)25-19(4)22-7/h17-19H,8-16H2,1-7H3. The number of hydrogen-bond acceptors (Lipinski definition) is 6. The van der Waals surface area contributed by atoms with Crippen LogP contribution >= 0.6 is 0 Å². The van der Waals surface area contributed by atoms with Crippen LogP contribution in [-0.2, 0) is 27.5 Å². The van der Waals surface area contributed by atoms with Gasteiger partial charge in [-0.3, -0.25) is 0 Å². The van der Waals surface area contributed by atoms with Crippen molar-refractivity contribution in [3.8, 4) is 0 Å². The average Bonchev–Trinajstić information content (AvgIpc) is 2.63. The molecule has 0 saturated heterocycles. The molecule has 3 unspecified atom stereocenters. The summed E-state index contributed by atoms with van der Waals surface area (Å²) >= 11 is 0. The molecule has 3 atom stereocenters. The molecule has 0 fully saturated rings. The summed E-state index contributed by atoms with van der Waals surface area (Å²) in [5, 5.41) is 0. The van der Waals surface area contributed by atoms with Gasteiger partial charge in [0.2, 0.25) is 0 Å². The van der Waals surface area contributed by atoms with Crippen LogP contribution in [-0.4, -0.2) is 49.0 Å². The Balaban J connectivity index is 4.69. The predicted molar refractivity (Wildman–Crippen MR) is 106 cm³/mol. The highest BCUT2D eigenvalue weighted by Gasteiger charge is 2.45. The van der Waals surface area contributed by atoms with E-state index in [9.17, 15) is 0 Å². The molecule has 0 amide bonds. The molecule has 0 aromatic rings. The Labute approximate surface area is 162 Å². The van der Waals surface area contributed by atoms with Crippen LogP contribution in [0.15, 0.2) is 0 Å². The van der Waals surface area contributed by atoms with Crippen LogP contribution in [0.4, 0.5) is 0 Å². The molecule has 6 nitrogen and oxygen atoms in total. The van der Waals surface area contributed by atoms with Crippen molar-refractivity contribution in [2.24, 2.45) is 0 Å². The van der Waals surface area contributed by atoms with Crippen molar-refractivity contribution in [2.75, 3.05) is 21.3 Å². The van der Waals surface area contributed by atoms with E-state index in [4.69, 9.17) is 27.5 Å². The third kappa shape index (κ3) is 12.4. The van der Waals surface area contributed by atoms with Gasteiger partial charge in [-0.2, -0.15) is 0 Å². The Morgan fingerprint density at radius 3 is 1.27 bits per heavy atom. The van der Waals surface area contributed by atoms with Crippen molar-refractivity contribution in [3.05, 3.63) is 0 Å². The second-order valence-corrected chi connectivity index (χ2v) is 9.24. The van der Waals surface area contributed by atoms with Gasteiger partial charge < -0.3 is 27.5 Å². The van der Waals surface area contributed by atoms with E-state index < -0.39 is 27.7 Å². The SMILES string of the molecule is CCCCCCCCCC[Si](OC(C)OC)(OC(C)OC)OC(C)OC. The Hall–Kier alpha value is -0.0231. The molecule has 7 heteroatoms. The second kappa shape index (κ2) is 16.0. The lowest BCUT2D eigenvalue weighted by Crippen LogP contribution is -2.52. The molecule has 0 bridgehead atoms. The monoisotopic (exact) mass is 394 g/mol. The molecular weight excluding hydrogens is 352 g/mol. The number of methoxy groups -OCH3 is 3. The highest BCUT2D eigenvalue weighted by molar-refractivity contribution is 6.60. The third-order valence-corrected chi connectivity index (χ3v) is 7.41.